The highest BCUT2D eigenvalue weighted by molar-refractivity contribution is 7.89. The summed E-state index contributed by atoms with van der Waals surface area (Å²) in [7, 11) is -3.34. The number of nitrogens with zero attached hydrogens (tertiary/aromatic N) is 2. The van der Waals surface area contributed by atoms with Crippen molar-refractivity contribution in [1.82, 2.24) is 19.9 Å². The summed E-state index contributed by atoms with van der Waals surface area (Å²) in [5.41, 5.74) is 7.14. The quantitative estimate of drug-likeness (QED) is 0.692. The summed E-state index contributed by atoms with van der Waals surface area (Å²) in [6.07, 6.45) is 5.22. The van der Waals surface area contributed by atoms with Gasteiger partial charge in [-0.2, -0.15) is 5.10 Å². The Morgan fingerprint density at radius 1 is 1.32 bits per heavy atom. The Labute approximate surface area is 111 Å². The fraction of sp³-hybridized carbons (Fsp3) is 0.273. The van der Waals surface area contributed by atoms with E-state index in [0.717, 1.165) is 5.56 Å². The maximum Gasteiger partial charge on any atom is 0.212 e. The number of nitrogens with one attached hydrogen (secondary N) is 2. The Bertz CT molecular complexity index is 624. The number of H-pyrrole nitrogens is 1. The number of pyridine rings is 1. The molecule has 2 heterocycles. The zero-order valence-electron chi connectivity index (χ0n) is 10.2. The molecule has 8 heteroatoms. The summed E-state index contributed by atoms with van der Waals surface area (Å²) in [6.45, 7) is 0.140. The zero-order chi connectivity index (χ0) is 13.7. The van der Waals surface area contributed by atoms with E-state index in [0.29, 0.717) is 17.8 Å². The molecule has 0 bridgehead atoms. The first-order valence-corrected chi connectivity index (χ1v) is 7.36. The topological polar surface area (TPSA) is 114 Å². The van der Waals surface area contributed by atoms with Gasteiger partial charge in [0, 0.05) is 24.5 Å². The smallest absolute Gasteiger partial charge is 0.212 e. The molecule has 2 aromatic rings. The number of aromatic amines is 1. The second-order valence-electron chi connectivity index (χ2n) is 4.05. The van der Waals surface area contributed by atoms with Crippen molar-refractivity contribution in [2.75, 3.05) is 11.5 Å². The van der Waals surface area contributed by atoms with Gasteiger partial charge in [-0.3, -0.25) is 10.1 Å². The average Bonchev–Trinajstić information content (AvgIpc) is 2.81. The molecule has 0 amide bonds. The minimum Gasteiger partial charge on any atom is -0.384 e. The molecular weight excluding hydrogens is 266 g/mol. The van der Waals surface area contributed by atoms with E-state index in [1.165, 1.54) is 6.20 Å². The maximum atomic E-state index is 11.8. The highest BCUT2D eigenvalue weighted by Gasteiger charge is 2.11. The lowest BCUT2D eigenvalue weighted by molar-refractivity contribution is 0.580. The lowest BCUT2D eigenvalue weighted by Crippen LogP contribution is -2.27. The molecular formula is C11H15N5O2S. The van der Waals surface area contributed by atoms with Gasteiger partial charge in [-0.25, -0.2) is 13.1 Å². The van der Waals surface area contributed by atoms with Gasteiger partial charge in [0.05, 0.1) is 11.9 Å². The normalized spacial score (nSPS) is 11.6. The Morgan fingerprint density at radius 3 is 2.68 bits per heavy atom. The lowest BCUT2D eigenvalue weighted by atomic mass is 10.2. The fourth-order valence-electron chi connectivity index (χ4n) is 1.52. The zero-order valence-corrected chi connectivity index (χ0v) is 11.0. The van der Waals surface area contributed by atoms with Crippen LogP contribution in [0, 0.1) is 0 Å². The number of nitrogens with two attached hydrogens (primary N) is 1. The van der Waals surface area contributed by atoms with Gasteiger partial charge < -0.3 is 5.73 Å². The third-order valence-corrected chi connectivity index (χ3v) is 3.97. The number of nitrogen functional groups attached to an aromatic ring is 1. The second kappa shape index (κ2) is 5.81. The van der Waals surface area contributed by atoms with E-state index in [1.54, 1.807) is 24.5 Å². The van der Waals surface area contributed by atoms with Gasteiger partial charge >= 0.3 is 0 Å². The van der Waals surface area contributed by atoms with Crippen LogP contribution in [-0.2, 0) is 23.0 Å². The second-order valence-corrected chi connectivity index (χ2v) is 5.98. The molecule has 19 heavy (non-hydrogen) atoms. The van der Waals surface area contributed by atoms with Gasteiger partial charge in [-0.1, -0.05) is 0 Å². The molecule has 0 saturated heterocycles. The molecule has 0 aliphatic carbocycles. The number of anilines is 1. The molecule has 102 valence electrons. The summed E-state index contributed by atoms with van der Waals surface area (Å²) < 4.78 is 26.1. The van der Waals surface area contributed by atoms with Gasteiger partial charge in [0.25, 0.3) is 0 Å². The largest absolute Gasteiger partial charge is 0.384 e. The molecule has 7 nitrogen and oxygen atoms in total. The first-order valence-electron chi connectivity index (χ1n) is 5.71. The molecule has 2 rings (SSSR count). The van der Waals surface area contributed by atoms with E-state index in [9.17, 15) is 8.42 Å². The monoisotopic (exact) mass is 281 g/mol. The molecule has 4 N–H and O–H groups in total. The number of aromatic nitrogens is 3. The lowest BCUT2D eigenvalue weighted by Gasteiger charge is -2.06. The van der Waals surface area contributed by atoms with Crippen LogP contribution in [0.15, 0.2) is 30.7 Å². The van der Waals surface area contributed by atoms with Crippen LogP contribution in [0.2, 0.25) is 0 Å². The van der Waals surface area contributed by atoms with Crippen LogP contribution in [0.1, 0.15) is 11.1 Å². The van der Waals surface area contributed by atoms with Crippen LogP contribution in [0.25, 0.3) is 0 Å². The van der Waals surface area contributed by atoms with E-state index in [4.69, 9.17) is 5.73 Å². The van der Waals surface area contributed by atoms with Crippen LogP contribution in [0.5, 0.6) is 0 Å². The molecule has 2 aromatic heterocycles. The van der Waals surface area contributed by atoms with Crippen LogP contribution in [0.3, 0.4) is 0 Å². The average molecular weight is 281 g/mol. The minimum atomic E-state index is -3.34. The highest BCUT2D eigenvalue weighted by atomic mass is 32.2. The summed E-state index contributed by atoms with van der Waals surface area (Å²) in [5.74, 6) is 0.395. The highest BCUT2D eigenvalue weighted by Crippen LogP contribution is 2.06. The molecule has 0 aliphatic rings. The van der Waals surface area contributed by atoms with Crippen molar-refractivity contribution in [2.45, 2.75) is 13.0 Å². The molecule has 0 spiro atoms. The van der Waals surface area contributed by atoms with Gasteiger partial charge in [0.1, 0.15) is 5.82 Å². The third-order valence-electron chi connectivity index (χ3n) is 2.64. The molecule has 0 aromatic carbocycles. The number of rotatable bonds is 6. The first kappa shape index (κ1) is 13.5. The van der Waals surface area contributed by atoms with Crippen LogP contribution >= 0.6 is 0 Å². The van der Waals surface area contributed by atoms with Crippen molar-refractivity contribution in [3.05, 3.63) is 41.9 Å². The molecule has 0 aliphatic heterocycles. The van der Waals surface area contributed by atoms with Gasteiger partial charge in [-0.05, 0) is 24.1 Å². The van der Waals surface area contributed by atoms with Crippen molar-refractivity contribution in [3.63, 3.8) is 0 Å². The number of sulfonamides is 1. The Morgan fingerprint density at radius 2 is 2.05 bits per heavy atom. The maximum absolute atomic E-state index is 11.8. The predicted octanol–water partition coefficient (Wildman–Crippen LogP) is 0.0490. The van der Waals surface area contributed by atoms with Crippen molar-refractivity contribution in [1.29, 1.82) is 0 Å². The minimum absolute atomic E-state index is 0.0226. The van der Waals surface area contributed by atoms with E-state index < -0.39 is 10.0 Å². The molecule has 0 saturated carbocycles. The van der Waals surface area contributed by atoms with Crippen molar-refractivity contribution >= 4 is 15.8 Å². The van der Waals surface area contributed by atoms with Gasteiger partial charge in [-0.15, -0.1) is 0 Å². The van der Waals surface area contributed by atoms with E-state index in [1.807, 2.05) is 0 Å². The number of aryl methyl sites for hydroxylation is 1. The van der Waals surface area contributed by atoms with Crippen molar-refractivity contribution < 1.29 is 8.42 Å². The summed E-state index contributed by atoms with van der Waals surface area (Å²) in [6, 6.07) is 3.59. The van der Waals surface area contributed by atoms with E-state index in [-0.39, 0.29) is 12.3 Å². The number of hydrogen-bond acceptors (Lipinski definition) is 5. The Balaban J connectivity index is 1.87. The summed E-state index contributed by atoms with van der Waals surface area (Å²) in [5, 5.41) is 6.27. The molecule has 0 atom stereocenters. The summed E-state index contributed by atoms with van der Waals surface area (Å²) in [4.78, 5) is 3.88. The van der Waals surface area contributed by atoms with Crippen molar-refractivity contribution in [2.24, 2.45) is 0 Å². The Hall–Kier alpha value is -1.93. The van der Waals surface area contributed by atoms with Crippen LogP contribution in [0.4, 0.5) is 5.82 Å². The summed E-state index contributed by atoms with van der Waals surface area (Å²) >= 11 is 0. The number of hydrogen-bond donors (Lipinski definition) is 3. The van der Waals surface area contributed by atoms with E-state index >= 15 is 0 Å². The van der Waals surface area contributed by atoms with Crippen molar-refractivity contribution in [3.8, 4) is 0 Å². The Kier molecular flexibility index (Phi) is 4.13. The standard InChI is InChI=1S/C11H15N5O2S/c12-11-10(7-14-16-11)8-15-19(17,18)6-3-9-1-4-13-5-2-9/h1-2,4-5,7,15H,3,6,8H2,(H3,12,14,16). The molecule has 0 fully saturated rings. The van der Waals surface area contributed by atoms with Gasteiger partial charge in [0.15, 0.2) is 0 Å². The first-order chi connectivity index (χ1) is 9.07. The SMILES string of the molecule is Nc1[nH]ncc1CNS(=O)(=O)CCc1ccncc1. The predicted molar refractivity (Wildman–Crippen MR) is 71.6 cm³/mol. The molecule has 0 radical (unpaired) electrons. The fourth-order valence-corrected chi connectivity index (χ4v) is 2.55. The van der Waals surface area contributed by atoms with Gasteiger partial charge in [0.2, 0.25) is 10.0 Å². The third kappa shape index (κ3) is 4.04. The van der Waals surface area contributed by atoms with Crippen LogP contribution < -0.4 is 10.5 Å². The van der Waals surface area contributed by atoms with E-state index in [2.05, 4.69) is 19.9 Å². The van der Waals surface area contributed by atoms with Crippen LogP contribution in [-0.4, -0.2) is 29.4 Å². The molecule has 0 unspecified atom stereocenters.